The summed E-state index contributed by atoms with van der Waals surface area (Å²) in [6, 6.07) is 21.9. The van der Waals surface area contributed by atoms with Crippen molar-refractivity contribution in [2.24, 2.45) is 10.1 Å². The molecule has 5 rings (SSSR count). The second-order valence-corrected chi connectivity index (χ2v) is 11.6. The van der Waals surface area contributed by atoms with Crippen molar-refractivity contribution in [3.05, 3.63) is 112 Å². The highest BCUT2D eigenvalue weighted by Gasteiger charge is 2.62. The van der Waals surface area contributed by atoms with E-state index in [1.807, 2.05) is 6.07 Å². The molecule has 37 heavy (non-hydrogen) atoms. The number of hydrogen-bond acceptors (Lipinski definition) is 7. The number of nitrogens with zero attached hydrogens (tertiary/aromatic N) is 2. The Bertz CT molecular complexity index is 1540. The fourth-order valence-electron chi connectivity index (χ4n) is 4.55. The zero-order valence-electron chi connectivity index (χ0n) is 19.4. The normalized spacial score (nSPS) is 22.8. The summed E-state index contributed by atoms with van der Waals surface area (Å²) in [7, 11) is -3.40. The van der Waals surface area contributed by atoms with Crippen LogP contribution in [0.2, 0.25) is 10.0 Å². The van der Waals surface area contributed by atoms with Gasteiger partial charge >= 0.3 is 5.97 Å². The SMILES string of the molecule is COC(=O)C1(S(=O)(=O)C2C(c3ccc(Cl)cc3)=NOC2c2ccccc2)C=NC=C1c1ccc(Cl)cc1. The van der Waals surface area contributed by atoms with Gasteiger partial charge in [0.1, 0.15) is 5.71 Å². The Hall–Kier alpha value is -3.46. The molecule has 2 aliphatic heterocycles. The molecule has 0 aliphatic carbocycles. The minimum Gasteiger partial charge on any atom is -0.467 e. The zero-order valence-corrected chi connectivity index (χ0v) is 21.7. The number of sulfone groups is 1. The Morgan fingerprint density at radius 3 is 2.11 bits per heavy atom. The predicted octanol–water partition coefficient (Wildman–Crippen LogP) is 5.29. The number of carbonyl (C=O) groups is 1. The van der Waals surface area contributed by atoms with Crippen molar-refractivity contribution in [1.29, 1.82) is 0 Å². The molecular weight excluding hydrogens is 535 g/mol. The molecule has 7 nitrogen and oxygen atoms in total. The van der Waals surface area contributed by atoms with Crippen LogP contribution in [0.15, 0.2) is 95.2 Å². The lowest BCUT2D eigenvalue weighted by Gasteiger charge is -2.31. The Morgan fingerprint density at radius 2 is 1.51 bits per heavy atom. The number of carbonyl (C=O) groups excluding carboxylic acids is 1. The molecule has 0 saturated carbocycles. The first kappa shape index (κ1) is 25.2. The molecule has 188 valence electrons. The van der Waals surface area contributed by atoms with Gasteiger partial charge in [-0.1, -0.05) is 83.0 Å². The first-order valence-corrected chi connectivity index (χ1v) is 13.5. The van der Waals surface area contributed by atoms with Crippen molar-refractivity contribution >= 4 is 56.5 Å². The van der Waals surface area contributed by atoms with Crippen LogP contribution in [-0.4, -0.2) is 43.4 Å². The standard InChI is InChI=1S/C27H20Cl2N2O5S/c1-35-26(32)27(16-30-15-22(27)17-7-11-20(28)12-8-17)37(33,34)25-23(18-9-13-21(29)14-10-18)31-36-24(25)19-5-3-2-4-6-19/h2-16,24-25H,1H3. The quantitative estimate of drug-likeness (QED) is 0.386. The summed E-state index contributed by atoms with van der Waals surface area (Å²) in [5, 5.41) is 3.75. The van der Waals surface area contributed by atoms with E-state index in [9.17, 15) is 13.2 Å². The van der Waals surface area contributed by atoms with Crippen LogP contribution < -0.4 is 0 Å². The summed E-state index contributed by atoms with van der Waals surface area (Å²) in [5.41, 5.74) is 1.81. The Kier molecular flexibility index (Phi) is 6.66. The van der Waals surface area contributed by atoms with Crippen LogP contribution in [-0.2, 0) is 24.2 Å². The molecular formula is C27H20Cl2N2O5S. The Labute approximate surface area is 223 Å². The molecule has 10 heteroatoms. The van der Waals surface area contributed by atoms with E-state index in [1.54, 1.807) is 72.8 Å². The van der Waals surface area contributed by atoms with Gasteiger partial charge in [-0.25, -0.2) is 13.2 Å². The topological polar surface area (TPSA) is 94.4 Å². The third-order valence-electron chi connectivity index (χ3n) is 6.36. The van der Waals surface area contributed by atoms with Crippen LogP contribution in [0.25, 0.3) is 5.57 Å². The van der Waals surface area contributed by atoms with Gasteiger partial charge in [-0.15, -0.1) is 0 Å². The predicted molar refractivity (Wildman–Crippen MR) is 144 cm³/mol. The molecule has 3 aromatic carbocycles. The summed E-state index contributed by atoms with van der Waals surface area (Å²) < 4.78 is 32.4. The van der Waals surface area contributed by atoms with Gasteiger partial charge in [0.2, 0.25) is 4.75 Å². The maximum absolute atomic E-state index is 14.8. The van der Waals surface area contributed by atoms with Crippen LogP contribution in [0.5, 0.6) is 0 Å². The highest BCUT2D eigenvalue weighted by Crippen LogP contribution is 2.45. The maximum Gasteiger partial charge on any atom is 0.337 e. The largest absolute Gasteiger partial charge is 0.467 e. The molecule has 0 bridgehead atoms. The minimum atomic E-state index is -4.54. The van der Waals surface area contributed by atoms with Gasteiger partial charge in [0.05, 0.1) is 7.11 Å². The second kappa shape index (κ2) is 9.78. The average Bonchev–Trinajstić information content (AvgIpc) is 3.56. The Balaban J connectivity index is 1.72. The summed E-state index contributed by atoms with van der Waals surface area (Å²) >= 11 is 12.1. The molecule has 0 fully saturated rings. The van der Waals surface area contributed by atoms with E-state index in [-0.39, 0.29) is 11.3 Å². The number of rotatable bonds is 6. The molecule has 2 aliphatic rings. The Morgan fingerprint density at radius 1 is 0.919 bits per heavy atom. The van der Waals surface area contributed by atoms with Crippen molar-refractivity contribution < 1.29 is 22.8 Å². The fourth-order valence-corrected chi connectivity index (χ4v) is 7.21. The minimum absolute atomic E-state index is 0.143. The van der Waals surface area contributed by atoms with E-state index < -0.39 is 31.9 Å². The number of esters is 1. The molecule has 0 N–H and O–H groups in total. The van der Waals surface area contributed by atoms with Crippen molar-refractivity contribution in [1.82, 2.24) is 0 Å². The van der Waals surface area contributed by atoms with E-state index in [0.717, 1.165) is 13.3 Å². The van der Waals surface area contributed by atoms with E-state index in [1.165, 1.54) is 6.20 Å². The molecule has 0 saturated heterocycles. The molecule has 3 unspecified atom stereocenters. The number of ether oxygens (including phenoxy) is 1. The van der Waals surface area contributed by atoms with E-state index in [0.29, 0.717) is 26.7 Å². The lowest BCUT2D eigenvalue weighted by Crippen LogP contribution is -2.55. The second-order valence-electron chi connectivity index (χ2n) is 8.44. The summed E-state index contributed by atoms with van der Waals surface area (Å²) in [6.45, 7) is 0. The monoisotopic (exact) mass is 554 g/mol. The van der Waals surface area contributed by atoms with Crippen LogP contribution in [0.1, 0.15) is 22.8 Å². The van der Waals surface area contributed by atoms with Crippen molar-refractivity contribution in [3.8, 4) is 0 Å². The van der Waals surface area contributed by atoms with Gasteiger partial charge in [-0.2, -0.15) is 0 Å². The van der Waals surface area contributed by atoms with E-state index in [2.05, 4.69) is 10.1 Å². The molecule has 2 heterocycles. The van der Waals surface area contributed by atoms with E-state index in [4.69, 9.17) is 32.8 Å². The zero-order chi connectivity index (χ0) is 26.2. The van der Waals surface area contributed by atoms with Crippen molar-refractivity contribution in [3.63, 3.8) is 0 Å². The van der Waals surface area contributed by atoms with Crippen LogP contribution in [0.3, 0.4) is 0 Å². The number of oxime groups is 1. The number of hydrogen-bond donors (Lipinski definition) is 0. The van der Waals surface area contributed by atoms with Crippen LogP contribution in [0.4, 0.5) is 0 Å². The molecule has 3 aromatic rings. The molecule has 0 aromatic heterocycles. The average molecular weight is 555 g/mol. The first-order valence-electron chi connectivity index (χ1n) is 11.2. The first-order chi connectivity index (χ1) is 17.8. The van der Waals surface area contributed by atoms with Gasteiger partial charge in [-0.3, -0.25) is 4.99 Å². The van der Waals surface area contributed by atoms with Crippen molar-refractivity contribution in [2.75, 3.05) is 7.11 Å². The smallest absolute Gasteiger partial charge is 0.337 e. The highest BCUT2D eigenvalue weighted by molar-refractivity contribution is 7.96. The lowest BCUT2D eigenvalue weighted by atomic mass is 9.94. The molecule has 0 spiro atoms. The summed E-state index contributed by atoms with van der Waals surface area (Å²) in [5.74, 6) is -0.996. The van der Waals surface area contributed by atoms with Crippen LogP contribution in [0, 0.1) is 0 Å². The van der Waals surface area contributed by atoms with Gasteiger partial charge in [-0.05, 0) is 35.4 Å². The number of methoxy groups -OCH3 is 1. The molecule has 3 atom stereocenters. The van der Waals surface area contributed by atoms with E-state index >= 15 is 0 Å². The third kappa shape index (κ3) is 4.15. The number of aliphatic imine (C=N–C) groups is 1. The molecule has 0 radical (unpaired) electrons. The van der Waals surface area contributed by atoms with Gasteiger partial charge in [0.25, 0.3) is 0 Å². The van der Waals surface area contributed by atoms with Gasteiger partial charge in [0, 0.05) is 33.6 Å². The van der Waals surface area contributed by atoms with Gasteiger partial charge < -0.3 is 9.57 Å². The third-order valence-corrected chi connectivity index (χ3v) is 9.40. The number of halogens is 2. The lowest BCUT2D eigenvalue weighted by molar-refractivity contribution is -0.140. The van der Waals surface area contributed by atoms with Gasteiger partial charge in [0.15, 0.2) is 21.2 Å². The fraction of sp³-hybridized carbons (Fsp3) is 0.148. The molecule has 0 amide bonds. The van der Waals surface area contributed by atoms with Crippen molar-refractivity contribution in [2.45, 2.75) is 16.1 Å². The summed E-state index contributed by atoms with van der Waals surface area (Å²) in [6.07, 6.45) is 1.43. The summed E-state index contributed by atoms with van der Waals surface area (Å²) in [4.78, 5) is 23.3. The maximum atomic E-state index is 14.8. The highest BCUT2D eigenvalue weighted by atomic mass is 35.5. The number of benzene rings is 3. The van der Waals surface area contributed by atoms with Crippen LogP contribution >= 0.6 is 23.2 Å².